The second-order valence-electron chi connectivity index (χ2n) is 6.54. The fraction of sp³-hybridized carbons (Fsp3) is 0.0870. The predicted molar refractivity (Wildman–Crippen MR) is 115 cm³/mol. The van der Waals surface area contributed by atoms with Gasteiger partial charge in [-0.05, 0) is 54.4 Å². The first kappa shape index (κ1) is 19.4. The lowest BCUT2D eigenvalue weighted by atomic mass is 10.2. The van der Waals surface area contributed by atoms with Crippen molar-refractivity contribution in [3.63, 3.8) is 0 Å². The summed E-state index contributed by atoms with van der Waals surface area (Å²) in [6.07, 6.45) is 1.32. The highest BCUT2D eigenvalue weighted by atomic mass is 35.5. The van der Waals surface area contributed by atoms with E-state index in [0.717, 1.165) is 11.1 Å². The van der Waals surface area contributed by atoms with E-state index < -0.39 is 0 Å². The third-order valence-corrected chi connectivity index (χ3v) is 5.06. The minimum Gasteiger partial charge on any atom is -0.489 e. The normalized spacial score (nSPS) is 10.9. The van der Waals surface area contributed by atoms with Gasteiger partial charge in [0, 0.05) is 6.07 Å². The van der Waals surface area contributed by atoms with E-state index in [1.165, 1.54) is 6.26 Å². The number of fused-ring (bicyclic) bond motifs is 1. The van der Waals surface area contributed by atoms with Crippen molar-refractivity contribution >= 4 is 34.2 Å². The molecular weight excluding hydrogens is 411 g/mol. The van der Waals surface area contributed by atoms with Crippen LogP contribution in [0.2, 0.25) is 10.0 Å². The summed E-state index contributed by atoms with van der Waals surface area (Å²) in [5, 5.41) is 1.38. The highest BCUT2D eigenvalue weighted by Gasteiger charge is 2.11. The molecule has 0 saturated carbocycles. The van der Waals surface area contributed by atoms with Crippen LogP contribution in [0.25, 0.3) is 11.0 Å². The van der Waals surface area contributed by atoms with Crippen LogP contribution in [-0.2, 0) is 6.61 Å². The van der Waals surface area contributed by atoms with Crippen LogP contribution in [0.4, 0.5) is 0 Å². The second-order valence-corrected chi connectivity index (χ2v) is 7.36. The maximum atomic E-state index is 12.7. The van der Waals surface area contributed by atoms with Gasteiger partial charge < -0.3 is 13.9 Å². The highest BCUT2D eigenvalue weighted by Crippen LogP contribution is 2.26. The molecule has 4 aromatic rings. The van der Waals surface area contributed by atoms with Crippen molar-refractivity contribution in [1.29, 1.82) is 0 Å². The summed E-state index contributed by atoms with van der Waals surface area (Å²) in [5.74, 6) is 1.28. The molecule has 1 heterocycles. The van der Waals surface area contributed by atoms with Crippen LogP contribution in [0.5, 0.6) is 17.2 Å². The molecule has 4 nitrogen and oxygen atoms in total. The van der Waals surface area contributed by atoms with Crippen LogP contribution < -0.4 is 14.9 Å². The first-order valence-corrected chi connectivity index (χ1v) is 9.62. The van der Waals surface area contributed by atoms with E-state index in [4.69, 9.17) is 37.1 Å². The second kappa shape index (κ2) is 8.19. The Kier molecular flexibility index (Phi) is 5.47. The van der Waals surface area contributed by atoms with Gasteiger partial charge in [-0.15, -0.1) is 0 Å². The van der Waals surface area contributed by atoms with Gasteiger partial charge in [0.05, 0.1) is 15.4 Å². The quantitative estimate of drug-likeness (QED) is 0.352. The van der Waals surface area contributed by atoms with Gasteiger partial charge in [-0.25, -0.2) is 0 Å². The molecule has 0 aliphatic rings. The first-order valence-electron chi connectivity index (χ1n) is 8.86. The molecule has 3 aromatic carbocycles. The average molecular weight is 427 g/mol. The predicted octanol–water partition coefficient (Wildman–Crippen LogP) is 6.78. The van der Waals surface area contributed by atoms with Crippen molar-refractivity contribution in [3.8, 4) is 17.2 Å². The Morgan fingerprint density at radius 3 is 2.59 bits per heavy atom. The number of rotatable bonds is 5. The van der Waals surface area contributed by atoms with E-state index in [9.17, 15) is 4.79 Å². The van der Waals surface area contributed by atoms with E-state index >= 15 is 0 Å². The monoisotopic (exact) mass is 426 g/mol. The van der Waals surface area contributed by atoms with E-state index in [1.807, 2.05) is 31.2 Å². The Hall–Kier alpha value is -2.95. The zero-order chi connectivity index (χ0) is 20.4. The number of halogens is 2. The lowest BCUT2D eigenvalue weighted by Gasteiger charge is -2.09. The molecule has 0 unspecified atom stereocenters. The molecule has 0 radical (unpaired) electrons. The van der Waals surface area contributed by atoms with Crippen LogP contribution in [0.15, 0.2) is 76.1 Å². The van der Waals surface area contributed by atoms with Gasteiger partial charge >= 0.3 is 0 Å². The van der Waals surface area contributed by atoms with Crippen molar-refractivity contribution < 1.29 is 13.9 Å². The van der Waals surface area contributed by atoms with Crippen LogP contribution >= 0.6 is 23.2 Å². The SMILES string of the molecule is Cc1cccc(Oc2coc3cc(OCc4ccc(Cl)c(Cl)c4)ccc3c2=O)c1. The largest absolute Gasteiger partial charge is 0.489 e. The summed E-state index contributed by atoms with van der Waals surface area (Å²) in [6.45, 7) is 2.26. The fourth-order valence-corrected chi connectivity index (χ4v) is 3.17. The molecule has 0 aliphatic carbocycles. The van der Waals surface area contributed by atoms with Crippen LogP contribution in [0, 0.1) is 6.92 Å². The zero-order valence-electron chi connectivity index (χ0n) is 15.4. The molecule has 0 fully saturated rings. The highest BCUT2D eigenvalue weighted by molar-refractivity contribution is 6.42. The minimum atomic E-state index is -0.246. The van der Waals surface area contributed by atoms with Crippen molar-refractivity contribution in [2.24, 2.45) is 0 Å². The van der Waals surface area contributed by atoms with Gasteiger partial charge in [-0.3, -0.25) is 4.79 Å². The van der Waals surface area contributed by atoms with Crippen molar-refractivity contribution in [2.75, 3.05) is 0 Å². The molecule has 0 saturated heterocycles. The number of hydrogen-bond acceptors (Lipinski definition) is 4. The van der Waals surface area contributed by atoms with Gasteiger partial charge in [-0.2, -0.15) is 0 Å². The molecule has 0 aliphatic heterocycles. The maximum absolute atomic E-state index is 12.7. The van der Waals surface area contributed by atoms with Gasteiger partial charge in [0.25, 0.3) is 0 Å². The van der Waals surface area contributed by atoms with E-state index in [2.05, 4.69) is 0 Å². The van der Waals surface area contributed by atoms with Crippen molar-refractivity contribution in [1.82, 2.24) is 0 Å². The van der Waals surface area contributed by atoms with E-state index in [0.29, 0.717) is 39.1 Å². The molecular formula is C23H16Cl2O4. The molecule has 146 valence electrons. The smallest absolute Gasteiger partial charge is 0.235 e. The third-order valence-electron chi connectivity index (χ3n) is 4.32. The Morgan fingerprint density at radius 2 is 1.79 bits per heavy atom. The summed E-state index contributed by atoms with van der Waals surface area (Å²) < 4.78 is 17.1. The maximum Gasteiger partial charge on any atom is 0.235 e. The Labute approximate surface area is 177 Å². The summed E-state index contributed by atoms with van der Waals surface area (Å²) in [5.41, 5.74) is 2.08. The molecule has 0 amide bonds. The van der Waals surface area contributed by atoms with Gasteiger partial charge in [0.15, 0.2) is 0 Å². The molecule has 6 heteroatoms. The summed E-state index contributed by atoms with van der Waals surface area (Å²) in [7, 11) is 0. The fourth-order valence-electron chi connectivity index (χ4n) is 2.85. The van der Waals surface area contributed by atoms with Crippen LogP contribution in [0.3, 0.4) is 0 Å². The number of hydrogen-bond donors (Lipinski definition) is 0. The minimum absolute atomic E-state index is 0.132. The van der Waals surface area contributed by atoms with E-state index in [1.54, 1.807) is 36.4 Å². The Balaban J connectivity index is 1.55. The lowest BCUT2D eigenvalue weighted by molar-refractivity contribution is 0.306. The van der Waals surface area contributed by atoms with Gasteiger partial charge in [0.1, 0.15) is 30.0 Å². The molecule has 0 atom stereocenters. The van der Waals surface area contributed by atoms with Crippen LogP contribution in [0.1, 0.15) is 11.1 Å². The van der Waals surface area contributed by atoms with Gasteiger partial charge in [-0.1, -0.05) is 41.4 Å². The third kappa shape index (κ3) is 4.39. The Bertz CT molecular complexity index is 1250. The molecule has 0 bridgehead atoms. The molecule has 0 spiro atoms. The Morgan fingerprint density at radius 1 is 0.931 bits per heavy atom. The summed E-state index contributed by atoms with van der Waals surface area (Å²) >= 11 is 11.9. The number of ether oxygens (including phenoxy) is 2. The van der Waals surface area contributed by atoms with E-state index in [-0.39, 0.29) is 11.2 Å². The summed E-state index contributed by atoms with van der Waals surface area (Å²) in [6, 6.07) is 17.8. The molecule has 4 rings (SSSR count). The molecule has 29 heavy (non-hydrogen) atoms. The average Bonchev–Trinajstić information content (AvgIpc) is 2.71. The topological polar surface area (TPSA) is 48.7 Å². The van der Waals surface area contributed by atoms with Gasteiger partial charge in [0.2, 0.25) is 11.2 Å². The lowest BCUT2D eigenvalue weighted by Crippen LogP contribution is -2.05. The van der Waals surface area contributed by atoms with Crippen molar-refractivity contribution in [2.45, 2.75) is 13.5 Å². The number of aryl methyl sites for hydroxylation is 1. The zero-order valence-corrected chi connectivity index (χ0v) is 17.0. The van der Waals surface area contributed by atoms with Crippen LogP contribution in [-0.4, -0.2) is 0 Å². The first-order chi connectivity index (χ1) is 14.0. The number of benzene rings is 3. The molecule has 0 N–H and O–H groups in total. The van der Waals surface area contributed by atoms with Crippen molar-refractivity contribution in [3.05, 3.63) is 98.3 Å². The standard InChI is InChI=1S/C23H16Cl2O4/c1-14-3-2-4-17(9-14)29-22-13-28-21-11-16(6-7-18(21)23(22)26)27-12-15-5-8-19(24)20(25)10-15/h2-11,13H,12H2,1H3. The summed E-state index contributed by atoms with van der Waals surface area (Å²) in [4.78, 5) is 12.7. The molecule has 1 aromatic heterocycles.